The number of nitrogens with zero attached hydrogens (tertiary/aromatic N) is 2. The van der Waals surface area contributed by atoms with E-state index in [4.69, 9.17) is 5.11 Å². The smallest absolute Gasteiger partial charge is 0.321 e. The van der Waals surface area contributed by atoms with E-state index >= 15 is 0 Å². The predicted molar refractivity (Wildman–Crippen MR) is 86.5 cm³/mol. The molecule has 0 saturated carbocycles. The van der Waals surface area contributed by atoms with Crippen LogP contribution < -0.4 is 5.32 Å². The molecule has 2 N–H and O–H groups in total. The zero-order valence-corrected chi connectivity index (χ0v) is 14.4. The molecule has 2 rings (SSSR count). The van der Waals surface area contributed by atoms with E-state index in [9.17, 15) is 9.59 Å². The van der Waals surface area contributed by atoms with Gasteiger partial charge < -0.3 is 15.3 Å². The van der Waals surface area contributed by atoms with Crippen LogP contribution in [0.3, 0.4) is 0 Å². The third kappa shape index (κ3) is 4.69. The van der Waals surface area contributed by atoms with E-state index in [2.05, 4.69) is 37.2 Å². The normalized spacial score (nSPS) is 15.8. The number of carbonyl (C=O) groups excluding carboxylic acids is 1. The van der Waals surface area contributed by atoms with Gasteiger partial charge in [-0.05, 0) is 34.1 Å². The fraction of sp³-hybridized carbons (Fsp3) is 0.385. The number of benzene rings is 1. The van der Waals surface area contributed by atoms with Crippen LogP contribution in [-0.4, -0.2) is 59.6 Å². The van der Waals surface area contributed by atoms with Crippen molar-refractivity contribution in [1.82, 2.24) is 9.80 Å². The summed E-state index contributed by atoms with van der Waals surface area (Å²) in [5, 5.41) is 11.6. The van der Waals surface area contributed by atoms with Gasteiger partial charge in [0, 0.05) is 35.1 Å². The van der Waals surface area contributed by atoms with E-state index in [1.54, 1.807) is 4.90 Å². The van der Waals surface area contributed by atoms with Crippen LogP contribution in [0, 0.1) is 0 Å². The quantitative estimate of drug-likeness (QED) is 0.787. The van der Waals surface area contributed by atoms with Gasteiger partial charge in [0.2, 0.25) is 0 Å². The fourth-order valence-corrected chi connectivity index (χ4v) is 3.23. The largest absolute Gasteiger partial charge is 0.480 e. The van der Waals surface area contributed by atoms with Gasteiger partial charge in [0.05, 0.1) is 12.2 Å². The SMILES string of the molecule is O=C(O)CN1CCN(C(=O)Nc2ccc(Br)cc2Br)CC1. The number of carbonyl (C=O) groups is 2. The molecule has 1 aliphatic rings. The topological polar surface area (TPSA) is 72.9 Å². The monoisotopic (exact) mass is 419 g/mol. The second kappa shape index (κ2) is 7.24. The Bertz CT molecular complexity index is 545. The number of amides is 2. The van der Waals surface area contributed by atoms with Crippen LogP contribution in [0.2, 0.25) is 0 Å². The number of hydrogen-bond donors (Lipinski definition) is 2. The van der Waals surface area contributed by atoms with Crippen LogP contribution in [0.4, 0.5) is 10.5 Å². The molecule has 1 aromatic rings. The van der Waals surface area contributed by atoms with Crippen LogP contribution in [0.1, 0.15) is 0 Å². The molecule has 0 unspecified atom stereocenters. The van der Waals surface area contributed by atoms with Crippen molar-refractivity contribution in [1.29, 1.82) is 0 Å². The molecule has 1 aliphatic heterocycles. The zero-order valence-electron chi connectivity index (χ0n) is 11.2. The first-order valence-corrected chi connectivity index (χ1v) is 7.99. The Hall–Kier alpha value is -1.12. The molecule has 2 amide bonds. The molecule has 8 heteroatoms. The van der Waals surface area contributed by atoms with E-state index in [1.807, 2.05) is 23.1 Å². The molecule has 0 aromatic heterocycles. The van der Waals surface area contributed by atoms with Crippen LogP contribution >= 0.6 is 31.9 Å². The standard InChI is InChI=1S/C13H15Br2N3O3/c14-9-1-2-11(10(15)7-9)16-13(21)18-5-3-17(4-6-18)8-12(19)20/h1-2,7H,3-6,8H2,(H,16,21)(H,19,20). The number of carboxylic acids is 1. The number of nitrogens with one attached hydrogen (secondary N) is 1. The van der Waals surface area contributed by atoms with Gasteiger partial charge in [-0.25, -0.2) is 4.79 Å². The van der Waals surface area contributed by atoms with Crippen molar-refractivity contribution in [3.05, 3.63) is 27.1 Å². The number of aliphatic carboxylic acids is 1. The highest BCUT2D eigenvalue weighted by atomic mass is 79.9. The van der Waals surface area contributed by atoms with E-state index < -0.39 is 5.97 Å². The van der Waals surface area contributed by atoms with Gasteiger partial charge in [-0.15, -0.1) is 0 Å². The summed E-state index contributed by atoms with van der Waals surface area (Å²) in [5.74, 6) is -0.841. The summed E-state index contributed by atoms with van der Waals surface area (Å²) in [4.78, 5) is 26.3. The van der Waals surface area contributed by atoms with Crippen molar-refractivity contribution in [2.24, 2.45) is 0 Å². The number of anilines is 1. The first-order chi connectivity index (χ1) is 9.95. The molecule has 21 heavy (non-hydrogen) atoms. The molecule has 1 saturated heterocycles. The van der Waals surface area contributed by atoms with E-state index in [1.165, 1.54) is 0 Å². The third-order valence-corrected chi connectivity index (χ3v) is 4.34. The van der Waals surface area contributed by atoms with Crippen molar-refractivity contribution in [2.45, 2.75) is 0 Å². The van der Waals surface area contributed by atoms with E-state index in [-0.39, 0.29) is 12.6 Å². The first-order valence-electron chi connectivity index (χ1n) is 6.41. The van der Waals surface area contributed by atoms with E-state index in [0.717, 1.165) is 8.95 Å². The van der Waals surface area contributed by atoms with Crippen LogP contribution in [0.5, 0.6) is 0 Å². The second-order valence-electron chi connectivity index (χ2n) is 4.71. The molecule has 1 fully saturated rings. The summed E-state index contributed by atoms with van der Waals surface area (Å²) < 4.78 is 1.73. The average molecular weight is 421 g/mol. The predicted octanol–water partition coefficient (Wildman–Crippen LogP) is 2.45. The van der Waals surface area contributed by atoms with Gasteiger partial charge in [0.1, 0.15) is 0 Å². The molecular formula is C13H15Br2N3O3. The lowest BCUT2D eigenvalue weighted by molar-refractivity contribution is -0.138. The first kappa shape index (κ1) is 16.3. The van der Waals surface area contributed by atoms with Gasteiger partial charge in [-0.1, -0.05) is 15.9 Å². The lowest BCUT2D eigenvalue weighted by atomic mass is 10.3. The lowest BCUT2D eigenvalue weighted by Crippen LogP contribution is -2.51. The minimum Gasteiger partial charge on any atom is -0.480 e. The minimum absolute atomic E-state index is 0.0215. The van der Waals surface area contributed by atoms with Crippen molar-refractivity contribution in [3.63, 3.8) is 0 Å². The molecule has 0 radical (unpaired) electrons. The summed E-state index contributed by atoms with van der Waals surface area (Å²) in [6.45, 7) is 2.21. The molecule has 6 nitrogen and oxygen atoms in total. The lowest BCUT2D eigenvalue weighted by Gasteiger charge is -2.33. The van der Waals surface area contributed by atoms with Crippen LogP contribution in [0.25, 0.3) is 0 Å². The Morgan fingerprint density at radius 1 is 1.19 bits per heavy atom. The highest BCUT2D eigenvalue weighted by Gasteiger charge is 2.22. The third-order valence-electron chi connectivity index (χ3n) is 3.19. The van der Waals surface area contributed by atoms with Crippen LogP contribution in [-0.2, 0) is 4.79 Å². The number of hydrogen-bond acceptors (Lipinski definition) is 3. The van der Waals surface area contributed by atoms with Crippen molar-refractivity contribution in [2.75, 3.05) is 38.0 Å². The molecule has 1 aromatic carbocycles. The molecular weight excluding hydrogens is 406 g/mol. The molecule has 1 heterocycles. The molecule has 0 atom stereocenters. The number of piperazine rings is 1. The van der Waals surface area contributed by atoms with Crippen molar-refractivity contribution >= 4 is 49.5 Å². The molecule has 114 valence electrons. The average Bonchev–Trinajstić information content (AvgIpc) is 2.42. The maximum atomic E-state index is 12.2. The second-order valence-corrected chi connectivity index (χ2v) is 6.48. The maximum Gasteiger partial charge on any atom is 0.321 e. The number of carboxylic acid groups (broad SMARTS) is 1. The van der Waals surface area contributed by atoms with Gasteiger partial charge >= 0.3 is 12.0 Å². The highest BCUT2D eigenvalue weighted by Crippen LogP contribution is 2.26. The summed E-state index contributed by atoms with van der Waals surface area (Å²) in [7, 11) is 0. The highest BCUT2D eigenvalue weighted by molar-refractivity contribution is 9.11. The van der Waals surface area contributed by atoms with E-state index in [0.29, 0.717) is 31.9 Å². The Balaban J connectivity index is 1.89. The Labute approximate surface area is 139 Å². The molecule has 0 aliphatic carbocycles. The Morgan fingerprint density at radius 3 is 2.43 bits per heavy atom. The minimum atomic E-state index is -0.841. The van der Waals surface area contributed by atoms with Gasteiger partial charge in [-0.3, -0.25) is 9.69 Å². The Kier molecular flexibility index (Phi) is 5.60. The number of urea groups is 1. The summed E-state index contributed by atoms with van der Waals surface area (Å²) in [6, 6.07) is 5.35. The van der Waals surface area contributed by atoms with Gasteiger partial charge in [-0.2, -0.15) is 0 Å². The fourth-order valence-electron chi connectivity index (χ4n) is 2.09. The van der Waals surface area contributed by atoms with Crippen molar-refractivity contribution < 1.29 is 14.7 Å². The molecule has 0 bridgehead atoms. The van der Waals surface area contributed by atoms with Crippen molar-refractivity contribution in [3.8, 4) is 0 Å². The zero-order chi connectivity index (χ0) is 15.4. The maximum absolute atomic E-state index is 12.2. The molecule has 0 spiro atoms. The number of halogens is 2. The summed E-state index contributed by atoms with van der Waals surface area (Å²) in [6.07, 6.45) is 0. The summed E-state index contributed by atoms with van der Waals surface area (Å²) in [5.41, 5.74) is 0.705. The Morgan fingerprint density at radius 2 is 1.86 bits per heavy atom. The van der Waals surface area contributed by atoms with Gasteiger partial charge in [0.25, 0.3) is 0 Å². The van der Waals surface area contributed by atoms with Gasteiger partial charge in [0.15, 0.2) is 0 Å². The van der Waals surface area contributed by atoms with Crippen LogP contribution in [0.15, 0.2) is 27.1 Å². The summed E-state index contributed by atoms with van der Waals surface area (Å²) >= 11 is 6.76. The number of rotatable bonds is 3.